The van der Waals surface area contributed by atoms with Crippen LogP contribution < -0.4 is 10.6 Å². The summed E-state index contributed by atoms with van der Waals surface area (Å²) in [6, 6.07) is 4.21. The van der Waals surface area contributed by atoms with E-state index in [1.165, 1.54) is 24.6 Å². The van der Waals surface area contributed by atoms with E-state index >= 15 is 0 Å². The van der Waals surface area contributed by atoms with Gasteiger partial charge >= 0.3 is 5.97 Å². The van der Waals surface area contributed by atoms with Gasteiger partial charge in [0.05, 0.1) is 22.8 Å². The zero-order valence-corrected chi connectivity index (χ0v) is 12.8. The molecule has 0 aliphatic heterocycles. The largest absolute Gasteiger partial charge is 0.478 e. The van der Waals surface area contributed by atoms with Crippen LogP contribution in [-0.4, -0.2) is 30.1 Å². The number of carbonyl (C=O) groups excluding carboxylic acids is 1. The molecule has 21 heavy (non-hydrogen) atoms. The van der Waals surface area contributed by atoms with E-state index in [9.17, 15) is 9.59 Å². The fraction of sp³-hybridized carbons (Fsp3) is 0.467. The van der Waals surface area contributed by atoms with Crippen molar-refractivity contribution in [3.05, 3.63) is 28.8 Å². The van der Waals surface area contributed by atoms with Gasteiger partial charge in [-0.05, 0) is 42.5 Å². The van der Waals surface area contributed by atoms with Gasteiger partial charge in [-0.25, -0.2) is 4.79 Å². The second-order valence-electron chi connectivity index (χ2n) is 6.07. The molecule has 2 rings (SSSR count). The molecule has 1 aromatic carbocycles. The zero-order chi connectivity index (χ0) is 15.6. The topological polar surface area (TPSA) is 78.4 Å². The minimum atomic E-state index is -1.06. The normalized spacial score (nSPS) is 19.1. The Kier molecular flexibility index (Phi) is 4.54. The molecule has 114 valence electrons. The summed E-state index contributed by atoms with van der Waals surface area (Å²) >= 11 is 5.95. The number of rotatable bonds is 6. The first kappa shape index (κ1) is 15.8. The van der Waals surface area contributed by atoms with Gasteiger partial charge in [0, 0.05) is 0 Å². The lowest BCUT2D eigenvalue weighted by Crippen LogP contribution is -2.30. The molecule has 5 nitrogen and oxygen atoms in total. The lowest BCUT2D eigenvalue weighted by molar-refractivity contribution is -0.115. The summed E-state index contributed by atoms with van der Waals surface area (Å²) in [5.74, 6) is -0.682. The van der Waals surface area contributed by atoms with E-state index in [0.717, 1.165) is 6.54 Å². The number of carboxylic acid groups (broad SMARTS) is 1. The molecule has 1 aliphatic rings. The first-order valence-electron chi connectivity index (χ1n) is 6.83. The SMILES string of the molecule is CC1(C)CC1CNCC(=O)Nc1cc(C(=O)O)ccc1Cl. The van der Waals surface area contributed by atoms with Crippen LogP contribution >= 0.6 is 11.6 Å². The Labute approximate surface area is 128 Å². The molecule has 1 unspecified atom stereocenters. The van der Waals surface area contributed by atoms with Crippen molar-refractivity contribution in [1.29, 1.82) is 0 Å². The van der Waals surface area contributed by atoms with E-state index in [0.29, 0.717) is 22.0 Å². The van der Waals surface area contributed by atoms with Crippen molar-refractivity contribution in [2.75, 3.05) is 18.4 Å². The van der Waals surface area contributed by atoms with Crippen LogP contribution in [-0.2, 0) is 4.79 Å². The minimum absolute atomic E-state index is 0.0855. The van der Waals surface area contributed by atoms with Crippen molar-refractivity contribution in [2.45, 2.75) is 20.3 Å². The maximum absolute atomic E-state index is 11.8. The number of benzene rings is 1. The molecule has 0 spiro atoms. The zero-order valence-electron chi connectivity index (χ0n) is 12.1. The van der Waals surface area contributed by atoms with Crippen molar-refractivity contribution in [2.24, 2.45) is 11.3 Å². The highest BCUT2D eigenvalue weighted by Gasteiger charge is 2.44. The fourth-order valence-corrected chi connectivity index (χ4v) is 2.40. The molecule has 3 N–H and O–H groups in total. The monoisotopic (exact) mass is 310 g/mol. The second-order valence-corrected chi connectivity index (χ2v) is 6.48. The Morgan fingerprint density at radius 3 is 2.67 bits per heavy atom. The standard InChI is InChI=1S/C15H19ClN2O3/c1-15(2)6-10(15)7-17-8-13(19)18-12-5-9(14(20)21)3-4-11(12)16/h3-5,10,17H,6-8H2,1-2H3,(H,18,19)(H,20,21). The van der Waals surface area contributed by atoms with Crippen LogP contribution in [0.5, 0.6) is 0 Å². The Bertz CT molecular complexity index is 572. The first-order valence-corrected chi connectivity index (χ1v) is 7.21. The third kappa shape index (κ3) is 4.19. The summed E-state index contributed by atoms with van der Waals surface area (Å²) in [4.78, 5) is 22.7. The van der Waals surface area contributed by atoms with E-state index in [-0.39, 0.29) is 18.0 Å². The Balaban J connectivity index is 1.84. The molecule has 1 amide bonds. The molecule has 0 aromatic heterocycles. The molecule has 0 saturated heterocycles. The van der Waals surface area contributed by atoms with E-state index in [1.807, 2.05) is 0 Å². The van der Waals surface area contributed by atoms with Gasteiger partial charge in [-0.2, -0.15) is 0 Å². The highest BCUT2D eigenvalue weighted by atomic mass is 35.5. The van der Waals surface area contributed by atoms with E-state index < -0.39 is 5.97 Å². The molecule has 1 aliphatic carbocycles. The van der Waals surface area contributed by atoms with Crippen molar-refractivity contribution in [3.63, 3.8) is 0 Å². The second kappa shape index (κ2) is 6.03. The summed E-state index contributed by atoms with van der Waals surface area (Å²) in [6.45, 7) is 5.40. The predicted octanol–water partition coefficient (Wildman–Crippen LogP) is 2.61. The first-order chi connectivity index (χ1) is 9.79. The summed E-state index contributed by atoms with van der Waals surface area (Å²) in [7, 11) is 0. The smallest absolute Gasteiger partial charge is 0.335 e. The van der Waals surface area contributed by atoms with Crippen molar-refractivity contribution in [1.82, 2.24) is 5.32 Å². The molecule has 1 fully saturated rings. The average molecular weight is 311 g/mol. The maximum atomic E-state index is 11.8. The van der Waals surface area contributed by atoms with Crippen LogP contribution in [0.2, 0.25) is 5.02 Å². The number of amides is 1. The van der Waals surface area contributed by atoms with Gasteiger partial charge < -0.3 is 15.7 Å². The van der Waals surface area contributed by atoms with Crippen LogP contribution in [0.15, 0.2) is 18.2 Å². The molecule has 6 heteroatoms. The van der Waals surface area contributed by atoms with Gasteiger partial charge in [0.1, 0.15) is 0 Å². The van der Waals surface area contributed by atoms with Gasteiger partial charge in [0.2, 0.25) is 5.91 Å². The van der Waals surface area contributed by atoms with Gasteiger partial charge in [-0.1, -0.05) is 25.4 Å². The van der Waals surface area contributed by atoms with Crippen molar-refractivity contribution >= 4 is 29.2 Å². The molecule has 0 bridgehead atoms. The molecule has 1 saturated carbocycles. The summed E-state index contributed by atoms with van der Waals surface area (Å²) < 4.78 is 0. The maximum Gasteiger partial charge on any atom is 0.335 e. The number of hydrogen-bond acceptors (Lipinski definition) is 3. The third-order valence-corrected chi connectivity index (χ3v) is 4.21. The van der Waals surface area contributed by atoms with Crippen LogP contribution in [0.1, 0.15) is 30.6 Å². The number of hydrogen-bond donors (Lipinski definition) is 3. The Morgan fingerprint density at radius 1 is 1.43 bits per heavy atom. The molecule has 1 atom stereocenters. The van der Waals surface area contributed by atoms with Gasteiger partial charge in [0.25, 0.3) is 0 Å². The van der Waals surface area contributed by atoms with Crippen LogP contribution in [0.25, 0.3) is 0 Å². The number of halogens is 1. The van der Waals surface area contributed by atoms with E-state index in [4.69, 9.17) is 16.7 Å². The van der Waals surface area contributed by atoms with E-state index in [2.05, 4.69) is 24.5 Å². The molecular weight excluding hydrogens is 292 g/mol. The Morgan fingerprint density at radius 2 is 2.10 bits per heavy atom. The molecular formula is C15H19ClN2O3. The third-order valence-electron chi connectivity index (χ3n) is 3.88. The van der Waals surface area contributed by atoms with Crippen LogP contribution in [0.3, 0.4) is 0 Å². The summed E-state index contributed by atoms with van der Waals surface area (Å²) in [5.41, 5.74) is 0.778. The number of carboxylic acids is 1. The molecule has 0 radical (unpaired) electrons. The van der Waals surface area contributed by atoms with Gasteiger partial charge in [-0.15, -0.1) is 0 Å². The van der Waals surface area contributed by atoms with Gasteiger partial charge in [0.15, 0.2) is 0 Å². The molecule has 0 heterocycles. The average Bonchev–Trinajstić information content (AvgIpc) is 2.99. The highest BCUT2D eigenvalue weighted by Crippen LogP contribution is 2.50. The summed E-state index contributed by atoms with van der Waals surface area (Å²) in [6.07, 6.45) is 1.17. The number of anilines is 1. The van der Waals surface area contributed by atoms with E-state index in [1.54, 1.807) is 0 Å². The molecule has 1 aromatic rings. The predicted molar refractivity (Wildman–Crippen MR) is 81.8 cm³/mol. The quantitative estimate of drug-likeness (QED) is 0.754. The lowest BCUT2D eigenvalue weighted by atomic mass is 10.1. The highest BCUT2D eigenvalue weighted by molar-refractivity contribution is 6.33. The van der Waals surface area contributed by atoms with Crippen LogP contribution in [0.4, 0.5) is 5.69 Å². The number of aromatic carboxylic acids is 1. The lowest BCUT2D eigenvalue weighted by Gasteiger charge is -2.09. The van der Waals surface area contributed by atoms with Crippen LogP contribution in [0, 0.1) is 11.3 Å². The minimum Gasteiger partial charge on any atom is -0.478 e. The van der Waals surface area contributed by atoms with Gasteiger partial charge in [-0.3, -0.25) is 4.79 Å². The fourth-order valence-electron chi connectivity index (χ4n) is 2.23. The Hall–Kier alpha value is -1.59. The number of carbonyl (C=O) groups is 2. The van der Waals surface area contributed by atoms with Crippen molar-refractivity contribution < 1.29 is 14.7 Å². The summed E-state index contributed by atoms with van der Waals surface area (Å²) in [5, 5.41) is 15.0. The van der Waals surface area contributed by atoms with Crippen molar-refractivity contribution in [3.8, 4) is 0 Å². The number of nitrogens with one attached hydrogen (secondary N) is 2.